The highest BCUT2D eigenvalue weighted by Gasteiger charge is 2.34. The monoisotopic (exact) mass is 353 g/mol. The molecular formula is C22H27NO3. The molecule has 2 aromatic rings. The smallest absolute Gasteiger partial charge is 0.220 e. The Bertz CT molecular complexity index is 772. The minimum absolute atomic E-state index is 0.120. The van der Waals surface area contributed by atoms with Gasteiger partial charge in [-0.15, -0.1) is 0 Å². The van der Waals surface area contributed by atoms with E-state index in [1.807, 2.05) is 29.2 Å². The lowest BCUT2D eigenvalue weighted by molar-refractivity contribution is -0.132. The van der Waals surface area contributed by atoms with Crippen molar-refractivity contribution in [2.24, 2.45) is 0 Å². The van der Waals surface area contributed by atoms with Gasteiger partial charge in [-0.3, -0.25) is 4.79 Å². The number of rotatable bonds is 5. The van der Waals surface area contributed by atoms with Crippen molar-refractivity contribution in [1.82, 2.24) is 4.90 Å². The maximum absolute atomic E-state index is 12.4. The number of nitrogens with zero attached hydrogens (tertiary/aromatic N) is 1. The molecule has 4 nitrogen and oxygen atoms in total. The Hall–Kier alpha value is -2.49. The van der Waals surface area contributed by atoms with E-state index >= 15 is 0 Å². The molecule has 2 atom stereocenters. The van der Waals surface area contributed by atoms with Crippen LogP contribution < -0.4 is 9.47 Å². The minimum Gasteiger partial charge on any atom is -0.493 e. The molecule has 0 saturated heterocycles. The van der Waals surface area contributed by atoms with Gasteiger partial charge in [0.25, 0.3) is 0 Å². The lowest BCUT2D eigenvalue weighted by Crippen LogP contribution is -2.43. The van der Waals surface area contributed by atoms with Crippen molar-refractivity contribution in [3.63, 3.8) is 0 Å². The molecule has 1 aliphatic carbocycles. The van der Waals surface area contributed by atoms with Crippen LogP contribution in [-0.2, 0) is 17.8 Å². The minimum atomic E-state index is 0.120. The van der Waals surface area contributed by atoms with Gasteiger partial charge in [-0.05, 0) is 30.0 Å². The van der Waals surface area contributed by atoms with Gasteiger partial charge in [0, 0.05) is 31.0 Å². The first-order chi connectivity index (χ1) is 12.6. The summed E-state index contributed by atoms with van der Waals surface area (Å²) in [7, 11) is 3.35. The summed E-state index contributed by atoms with van der Waals surface area (Å²) in [6, 6.07) is 14.4. The number of hydrogen-bond acceptors (Lipinski definition) is 3. The summed E-state index contributed by atoms with van der Waals surface area (Å²) in [5.74, 6) is 1.96. The van der Waals surface area contributed by atoms with Crippen LogP contribution >= 0.6 is 0 Å². The van der Waals surface area contributed by atoms with Gasteiger partial charge in [0.2, 0.25) is 5.91 Å². The number of ether oxygens (including phenoxy) is 2. The van der Waals surface area contributed by atoms with Gasteiger partial charge in [0.1, 0.15) is 0 Å². The van der Waals surface area contributed by atoms with Crippen molar-refractivity contribution in [2.75, 3.05) is 14.2 Å². The molecule has 0 heterocycles. The summed E-state index contributed by atoms with van der Waals surface area (Å²) in [6.07, 6.45) is 1.80. The van der Waals surface area contributed by atoms with Crippen LogP contribution in [0.1, 0.15) is 42.9 Å². The maximum Gasteiger partial charge on any atom is 0.220 e. The highest BCUT2D eigenvalue weighted by molar-refractivity contribution is 5.74. The molecule has 0 spiro atoms. The van der Waals surface area contributed by atoms with Crippen molar-refractivity contribution in [1.29, 1.82) is 0 Å². The second-order valence-corrected chi connectivity index (χ2v) is 6.90. The summed E-state index contributed by atoms with van der Waals surface area (Å²) < 4.78 is 11.1. The van der Waals surface area contributed by atoms with Gasteiger partial charge in [-0.2, -0.15) is 0 Å². The third-order valence-corrected chi connectivity index (χ3v) is 5.44. The molecule has 2 aromatic carbocycles. The molecule has 0 saturated carbocycles. The summed E-state index contributed by atoms with van der Waals surface area (Å²) in [6.45, 7) is 4.52. The van der Waals surface area contributed by atoms with Gasteiger partial charge in [0.15, 0.2) is 11.5 Å². The Labute approximate surface area is 155 Å². The highest BCUT2D eigenvalue weighted by Crippen LogP contribution is 2.43. The molecule has 4 heteroatoms. The van der Waals surface area contributed by atoms with E-state index in [0.717, 1.165) is 29.9 Å². The SMILES string of the molecule is COc1ccc2c(c1OC)CCC(N(Cc1ccccc1)C(C)=O)C2C. The van der Waals surface area contributed by atoms with E-state index < -0.39 is 0 Å². The predicted molar refractivity (Wildman–Crippen MR) is 103 cm³/mol. The number of amides is 1. The summed E-state index contributed by atoms with van der Waals surface area (Å²) in [5, 5.41) is 0. The lowest BCUT2D eigenvalue weighted by Gasteiger charge is -2.40. The van der Waals surface area contributed by atoms with E-state index in [4.69, 9.17) is 9.47 Å². The fourth-order valence-electron chi connectivity index (χ4n) is 4.11. The molecule has 138 valence electrons. The second kappa shape index (κ2) is 7.81. The van der Waals surface area contributed by atoms with Gasteiger partial charge in [-0.1, -0.05) is 43.3 Å². The second-order valence-electron chi connectivity index (χ2n) is 6.90. The number of carbonyl (C=O) groups is 1. The standard InChI is InChI=1S/C22H27NO3/c1-15-18-11-13-21(25-3)22(26-4)19(18)10-12-20(15)23(16(2)24)14-17-8-6-5-7-9-17/h5-9,11,13,15,20H,10,12,14H2,1-4H3. The number of methoxy groups -OCH3 is 2. The van der Waals surface area contributed by atoms with Crippen LogP contribution in [0.2, 0.25) is 0 Å². The first-order valence-corrected chi connectivity index (χ1v) is 9.11. The molecule has 0 aromatic heterocycles. The fraction of sp³-hybridized carbons (Fsp3) is 0.409. The predicted octanol–water partition coefficient (Wildman–Crippen LogP) is 4.17. The zero-order valence-corrected chi connectivity index (χ0v) is 16.0. The molecule has 0 fully saturated rings. The highest BCUT2D eigenvalue weighted by atomic mass is 16.5. The molecule has 0 N–H and O–H groups in total. The third-order valence-electron chi connectivity index (χ3n) is 5.44. The first-order valence-electron chi connectivity index (χ1n) is 9.11. The lowest BCUT2D eigenvalue weighted by atomic mass is 9.78. The van der Waals surface area contributed by atoms with Crippen LogP contribution in [0.15, 0.2) is 42.5 Å². The van der Waals surface area contributed by atoms with Gasteiger partial charge in [0.05, 0.1) is 14.2 Å². The van der Waals surface area contributed by atoms with E-state index in [0.29, 0.717) is 6.54 Å². The molecule has 0 radical (unpaired) electrons. The molecule has 1 aliphatic rings. The summed E-state index contributed by atoms with van der Waals surface area (Å²) >= 11 is 0. The average molecular weight is 353 g/mol. The maximum atomic E-state index is 12.4. The summed E-state index contributed by atoms with van der Waals surface area (Å²) in [5.41, 5.74) is 3.62. The van der Waals surface area contributed by atoms with E-state index in [-0.39, 0.29) is 17.9 Å². The Kier molecular flexibility index (Phi) is 5.50. The van der Waals surface area contributed by atoms with Crippen molar-refractivity contribution >= 4 is 5.91 Å². The first kappa shape index (κ1) is 18.3. The molecule has 0 aliphatic heterocycles. The quantitative estimate of drug-likeness (QED) is 0.810. The Balaban J connectivity index is 1.91. The zero-order valence-electron chi connectivity index (χ0n) is 16.0. The van der Waals surface area contributed by atoms with Crippen molar-refractivity contribution in [2.45, 2.75) is 45.2 Å². The third kappa shape index (κ3) is 3.41. The van der Waals surface area contributed by atoms with Crippen LogP contribution in [0, 0.1) is 0 Å². The van der Waals surface area contributed by atoms with Gasteiger partial charge >= 0.3 is 0 Å². The number of hydrogen-bond donors (Lipinski definition) is 0. The van der Waals surface area contributed by atoms with E-state index in [2.05, 4.69) is 25.1 Å². The average Bonchev–Trinajstić information content (AvgIpc) is 2.66. The van der Waals surface area contributed by atoms with Crippen LogP contribution in [0.5, 0.6) is 11.5 Å². The Morgan fingerprint density at radius 1 is 1.12 bits per heavy atom. The molecule has 0 bridgehead atoms. The van der Waals surface area contributed by atoms with Gasteiger partial charge < -0.3 is 14.4 Å². The molecule has 1 amide bonds. The molecule has 3 rings (SSSR count). The molecular weight excluding hydrogens is 326 g/mol. The van der Waals surface area contributed by atoms with E-state index in [1.165, 1.54) is 11.1 Å². The number of fused-ring (bicyclic) bond motifs is 1. The normalized spacial score (nSPS) is 18.8. The largest absolute Gasteiger partial charge is 0.493 e. The Morgan fingerprint density at radius 2 is 1.85 bits per heavy atom. The van der Waals surface area contributed by atoms with Crippen molar-refractivity contribution in [3.8, 4) is 11.5 Å². The van der Waals surface area contributed by atoms with Crippen molar-refractivity contribution in [3.05, 3.63) is 59.2 Å². The van der Waals surface area contributed by atoms with Crippen LogP contribution in [0.25, 0.3) is 0 Å². The zero-order chi connectivity index (χ0) is 18.7. The molecule has 26 heavy (non-hydrogen) atoms. The van der Waals surface area contributed by atoms with E-state index in [1.54, 1.807) is 21.1 Å². The van der Waals surface area contributed by atoms with Crippen molar-refractivity contribution < 1.29 is 14.3 Å². The molecule has 2 unspecified atom stereocenters. The number of benzene rings is 2. The van der Waals surface area contributed by atoms with Crippen LogP contribution in [0.4, 0.5) is 0 Å². The Morgan fingerprint density at radius 3 is 2.46 bits per heavy atom. The summed E-state index contributed by atoms with van der Waals surface area (Å²) in [4.78, 5) is 14.4. The van der Waals surface area contributed by atoms with Crippen LogP contribution in [-0.4, -0.2) is 31.1 Å². The van der Waals surface area contributed by atoms with Crippen LogP contribution in [0.3, 0.4) is 0 Å². The van der Waals surface area contributed by atoms with E-state index in [9.17, 15) is 4.79 Å². The number of carbonyl (C=O) groups excluding carboxylic acids is 1. The van der Waals surface area contributed by atoms with Gasteiger partial charge in [-0.25, -0.2) is 0 Å². The fourth-order valence-corrected chi connectivity index (χ4v) is 4.11. The topological polar surface area (TPSA) is 38.8 Å².